The highest BCUT2D eigenvalue weighted by molar-refractivity contribution is 8.14. The molecule has 1 rings (SSSR count). The summed E-state index contributed by atoms with van der Waals surface area (Å²) in [5, 5.41) is 4.11. The second kappa shape index (κ2) is 4.43. The van der Waals surface area contributed by atoms with Gasteiger partial charge in [-0.25, -0.2) is 4.99 Å². The summed E-state index contributed by atoms with van der Waals surface area (Å²) in [6.45, 7) is 8.11. The quantitative estimate of drug-likeness (QED) is 0.757. The maximum absolute atomic E-state index is 11.2. The summed E-state index contributed by atoms with van der Waals surface area (Å²) in [5.74, 6) is 0.751. The number of thioether (sulfide) groups is 1. The summed E-state index contributed by atoms with van der Waals surface area (Å²) in [6.07, 6.45) is 0. The van der Waals surface area contributed by atoms with E-state index in [2.05, 4.69) is 24.2 Å². The third-order valence-corrected chi connectivity index (χ3v) is 3.54. The average Bonchev–Trinajstić information content (AvgIpc) is 2.40. The number of primary amides is 1. The minimum Gasteiger partial charge on any atom is -0.368 e. The van der Waals surface area contributed by atoms with E-state index in [1.165, 1.54) is 0 Å². The first-order chi connectivity index (χ1) is 6.82. The zero-order valence-corrected chi connectivity index (χ0v) is 10.5. The van der Waals surface area contributed by atoms with Crippen molar-refractivity contribution in [2.24, 2.45) is 16.6 Å². The molecule has 1 unspecified atom stereocenters. The van der Waals surface area contributed by atoms with Crippen molar-refractivity contribution in [2.45, 2.75) is 39.3 Å². The smallest absolute Gasteiger partial charge is 0.242 e. The lowest BCUT2D eigenvalue weighted by Gasteiger charge is -2.17. The molecule has 0 aliphatic carbocycles. The van der Waals surface area contributed by atoms with Gasteiger partial charge in [0.15, 0.2) is 5.17 Å². The standard InChI is InChI=1S/C10H19N3OS/c1-6(2)7(8(11)14)12-9-13-10(3,4)5-15-9/h6-7H,5H2,1-4H3,(H2,11,14)(H,12,13). The van der Waals surface area contributed by atoms with Gasteiger partial charge in [-0.05, 0) is 19.8 Å². The summed E-state index contributed by atoms with van der Waals surface area (Å²) in [6, 6.07) is -0.422. The van der Waals surface area contributed by atoms with Crippen LogP contribution in [0.5, 0.6) is 0 Å². The molecule has 1 heterocycles. The van der Waals surface area contributed by atoms with Gasteiger partial charge in [-0.1, -0.05) is 25.6 Å². The number of carbonyl (C=O) groups is 1. The molecule has 0 spiro atoms. The number of nitrogens with zero attached hydrogens (tertiary/aromatic N) is 1. The van der Waals surface area contributed by atoms with E-state index in [9.17, 15) is 4.79 Å². The molecule has 1 amide bonds. The number of nitrogens with two attached hydrogens (primary N) is 1. The fraction of sp³-hybridized carbons (Fsp3) is 0.800. The second-order valence-electron chi connectivity index (χ2n) is 4.82. The van der Waals surface area contributed by atoms with Crippen molar-refractivity contribution in [3.8, 4) is 0 Å². The summed E-state index contributed by atoms with van der Waals surface area (Å²) in [7, 11) is 0. The van der Waals surface area contributed by atoms with Crippen LogP contribution in [-0.2, 0) is 4.79 Å². The first-order valence-electron chi connectivity index (χ1n) is 5.10. The Labute approximate surface area is 95.1 Å². The van der Waals surface area contributed by atoms with Gasteiger partial charge in [0, 0.05) is 11.3 Å². The van der Waals surface area contributed by atoms with Crippen LogP contribution < -0.4 is 11.1 Å². The van der Waals surface area contributed by atoms with Crippen LogP contribution in [0.25, 0.3) is 0 Å². The van der Waals surface area contributed by atoms with Crippen molar-refractivity contribution in [3.05, 3.63) is 0 Å². The fourth-order valence-corrected chi connectivity index (χ4v) is 2.45. The van der Waals surface area contributed by atoms with Crippen LogP contribution in [0.2, 0.25) is 0 Å². The predicted molar refractivity (Wildman–Crippen MR) is 64.9 cm³/mol. The highest BCUT2D eigenvalue weighted by Crippen LogP contribution is 2.23. The molecule has 1 atom stereocenters. The van der Waals surface area contributed by atoms with Crippen LogP contribution in [-0.4, -0.2) is 28.4 Å². The maximum atomic E-state index is 11.2. The van der Waals surface area contributed by atoms with Crippen molar-refractivity contribution < 1.29 is 4.79 Å². The first-order valence-corrected chi connectivity index (χ1v) is 6.08. The third kappa shape index (κ3) is 3.41. The van der Waals surface area contributed by atoms with Gasteiger partial charge in [0.05, 0.1) is 0 Å². The lowest BCUT2D eigenvalue weighted by Crippen LogP contribution is -2.39. The number of aliphatic imine (C=N–C) groups is 1. The van der Waals surface area contributed by atoms with Crippen LogP contribution in [0, 0.1) is 5.92 Å². The topological polar surface area (TPSA) is 67.5 Å². The Bertz CT molecular complexity index is 286. The van der Waals surface area contributed by atoms with Crippen molar-refractivity contribution >= 4 is 22.8 Å². The summed E-state index contributed by atoms with van der Waals surface area (Å²) in [5.41, 5.74) is 5.36. The Morgan fingerprint density at radius 3 is 2.53 bits per heavy atom. The van der Waals surface area contributed by atoms with E-state index in [4.69, 9.17) is 5.73 Å². The van der Waals surface area contributed by atoms with Crippen LogP contribution in [0.3, 0.4) is 0 Å². The van der Waals surface area contributed by atoms with Crippen molar-refractivity contribution in [1.29, 1.82) is 0 Å². The monoisotopic (exact) mass is 229 g/mol. The minimum atomic E-state index is -0.422. The number of rotatable bonds is 3. The Morgan fingerprint density at radius 2 is 2.20 bits per heavy atom. The number of hydrogen-bond donors (Lipinski definition) is 2. The molecule has 1 aliphatic heterocycles. The molecule has 1 saturated heterocycles. The van der Waals surface area contributed by atoms with Crippen molar-refractivity contribution in [3.63, 3.8) is 0 Å². The summed E-state index contributed by atoms with van der Waals surface area (Å²) >= 11 is 1.64. The zero-order chi connectivity index (χ0) is 11.6. The number of hydrogen-bond acceptors (Lipinski definition) is 3. The molecule has 0 aromatic heterocycles. The average molecular weight is 229 g/mol. The molecule has 4 nitrogen and oxygen atoms in total. The normalized spacial score (nSPS) is 24.2. The molecule has 0 aromatic rings. The lowest BCUT2D eigenvalue weighted by atomic mass is 10.1. The highest BCUT2D eigenvalue weighted by atomic mass is 32.2. The number of amidine groups is 1. The molecule has 5 heteroatoms. The third-order valence-electron chi connectivity index (χ3n) is 2.19. The number of amides is 1. The molecule has 86 valence electrons. The van der Waals surface area contributed by atoms with E-state index in [0.717, 1.165) is 10.9 Å². The molecule has 15 heavy (non-hydrogen) atoms. The van der Waals surface area contributed by atoms with Gasteiger partial charge in [0.1, 0.15) is 6.04 Å². The Hall–Kier alpha value is -0.710. The maximum Gasteiger partial charge on any atom is 0.242 e. The van der Waals surface area contributed by atoms with Gasteiger partial charge < -0.3 is 11.1 Å². The molecular weight excluding hydrogens is 210 g/mol. The van der Waals surface area contributed by atoms with Crippen molar-refractivity contribution in [1.82, 2.24) is 5.32 Å². The molecule has 0 radical (unpaired) electrons. The summed E-state index contributed by atoms with van der Waals surface area (Å²) in [4.78, 5) is 15.5. The molecular formula is C10H19N3OS. The van der Waals surface area contributed by atoms with E-state index < -0.39 is 6.04 Å². The van der Waals surface area contributed by atoms with E-state index in [1.54, 1.807) is 11.8 Å². The van der Waals surface area contributed by atoms with Crippen LogP contribution in [0.15, 0.2) is 4.99 Å². The van der Waals surface area contributed by atoms with Gasteiger partial charge in [-0.2, -0.15) is 0 Å². The van der Waals surface area contributed by atoms with E-state index in [-0.39, 0.29) is 17.4 Å². The number of carbonyl (C=O) groups excluding carboxylic acids is 1. The Kier molecular flexibility index (Phi) is 3.65. The molecule has 0 saturated carbocycles. The van der Waals surface area contributed by atoms with E-state index in [0.29, 0.717) is 0 Å². The number of nitrogens with one attached hydrogen (secondary N) is 1. The molecule has 1 fully saturated rings. The second-order valence-corrected chi connectivity index (χ2v) is 5.79. The van der Waals surface area contributed by atoms with E-state index >= 15 is 0 Å². The van der Waals surface area contributed by atoms with Gasteiger partial charge in [0.2, 0.25) is 5.91 Å². The largest absolute Gasteiger partial charge is 0.368 e. The van der Waals surface area contributed by atoms with Gasteiger partial charge in [0.25, 0.3) is 0 Å². The molecule has 0 aromatic carbocycles. The molecule has 0 bridgehead atoms. The SMILES string of the molecule is CC(C)C(N=C1NC(C)(C)CS1)C(N)=O. The van der Waals surface area contributed by atoms with Crippen LogP contribution in [0.1, 0.15) is 27.7 Å². The van der Waals surface area contributed by atoms with Crippen LogP contribution >= 0.6 is 11.8 Å². The van der Waals surface area contributed by atoms with Gasteiger partial charge in [-0.3, -0.25) is 4.79 Å². The van der Waals surface area contributed by atoms with Crippen LogP contribution in [0.4, 0.5) is 0 Å². The molecule has 1 aliphatic rings. The Morgan fingerprint density at radius 1 is 1.60 bits per heavy atom. The van der Waals surface area contributed by atoms with Gasteiger partial charge >= 0.3 is 0 Å². The van der Waals surface area contributed by atoms with Gasteiger partial charge in [-0.15, -0.1) is 0 Å². The summed E-state index contributed by atoms with van der Waals surface area (Å²) < 4.78 is 0. The predicted octanol–water partition coefficient (Wildman–Crippen LogP) is 0.967. The van der Waals surface area contributed by atoms with Crippen molar-refractivity contribution in [2.75, 3.05) is 5.75 Å². The first kappa shape index (κ1) is 12.4. The zero-order valence-electron chi connectivity index (χ0n) is 9.70. The Balaban J connectivity index is 2.73. The highest BCUT2D eigenvalue weighted by Gasteiger charge is 2.29. The fourth-order valence-electron chi connectivity index (χ4n) is 1.35. The lowest BCUT2D eigenvalue weighted by molar-refractivity contribution is -0.120. The molecule has 3 N–H and O–H groups in total. The van der Waals surface area contributed by atoms with E-state index in [1.807, 2.05) is 13.8 Å². The minimum absolute atomic E-state index is 0.0582.